The van der Waals surface area contributed by atoms with E-state index in [9.17, 15) is 9.59 Å². The van der Waals surface area contributed by atoms with Crippen LogP contribution >= 0.6 is 0 Å². The number of anilines is 2. The molecule has 21 heavy (non-hydrogen) atoms. The zero-order chi connectivity index (χ0) is 15.5. The number of benzene rings is 1. The Hall–Kier alpha value is -2.12. The third-order valence-corrected chi connectivity index (χ3v) is 2.51. The molecule has 0 spiro atoms. The number of urea groups is 1. The maximum atomic E-state index is 11.7. The van der Waals surface area contributed by atoms with Crippen LogP contribution in [0.2, 0.25) is 0 Å². The molecule has 0 atom stereocenters. The molecule has 0 unspecified atom stereocenters. The average Bonchev–Trinajstić information content (AvgIpc) is 2.44. The Bertz CT molecular complexity index is 465. The van der Waals surface area contributed by atoms with E-state index in [2.05, 4.69) is 21.3 Å². The van der Waals surface area contributed by atoms with Gasteiger partial charge >= 0.3 is 6.03 Å². The molecule has 7 nitrogen and oxygen atoms in total. The molecule has 1 aromatic rings. The summed E-state index contributed by atoms with van der Waals surface area (Å²) in [5.41, 5.74) is 1.24. The Balaban J connectivity index is 2.44. The van der Waals surface area contributed by atoms with Crippen LogP contribution < -0.4 is 21.3 Å². The first-order valence-electron chi connectivity index (χ1n) is 6.80. The van der Waals surface area contributed by atoms with Gasteiger partial charge in [0.05, 0.1) is 13.2 Å². The summed E-state index contributed by atoms with van der Waals surface area (Å²) in [5.74, 6) is -0.152. The SMILES string of the molecule is CCNC(=O)Nc1cccc(NC(=O)CNCCOC)c1. The maximum Gasteiger partial charge on any atom is 0.319 e. The van der Waals surface area contributed by atoms with E-state index in [4.69, 9.17) is 4.74 Å². The Morgan fingerprint density at radius 1 is 1.19 bits per heavy atom. The second kappa shape index (κ2) is 9.73. The molecule has 1 aromatic carbocycles. The lowest BCUT2D eigenvalue weighted by Crippen LogP contribution is -2.30. The fourth-order valence-corrected chi connectivity index (χ4v) is 1.59. The van der Waals surface area contributed by atoms with Gasteiger partial charge in [-0.1, -0.05) is 6.07 Å². The summed E-state index contributed by atoms with van der Waals surface area (Å²) in [7, 11) is 1.61. The number of carbonyl (C=O) groups is 2. The number of carbonyl (C=O) groups excluding carboxylic acids is 2. The summed E-state index contributed by atoms with van der Waals surface area (Å²) in [6.07, 6.45) is 0. The van der Waals surface area contributed by atoms with Crippen LogP contribution in [0.4, 0.5) is 16.2 Å². The Labute approximate surface area is 124 Å². The number of ether oxygens (including phenoxy) is 1. The fraction of sp³-hybridized carbons (Fsp3) is 0.429. The summed E-state index contributed by atoms with van der Waals surface area (Å²) < 4.78 is 4.87. The second-order valence-corrected chi connectivity index (χ2v) is 4.28. The maximum absolute atomic E-state index is 11.7. The minimum Gasteiger partial charge on any atom is -0.383 e. The normalized spacial score (nSPS) is 10.0. The topological polar surface area (TPSA) is 91.5 Å². The first-order chi connectivity index (χ1) is 10.2. The third kappa shape index (κ3) is 7.28. The third-order valence-electron chi connectivity index (χ3n) is 2.51. The average molecular weight is 294 g/mol. The van der Waals surface area contributed by atoms with Crippen molar-refractivity contribution in [2.45, 2.75) is 6.92 Å². The number of hydrogen-bond donors (Lipinski definition) is 4. The van der Waals surface area contributed by atoms with Gasteiger partial charge in [0.15, 0.2) is 0 Å². The fourth-order valence-electron chi connectivity index (χ4n) is 1.59. The van der Waals surface area contributed by atoms with Crippen molar-refractivity contribution in [2.24, 2.45) is 0 Å². The van der Waals surface area contributed by atoms with E-state index in [1.165, 1.54) is 0 Å². The van der Waals surface area contributed by atoms with Crippen molar-refractivity contribution in [3.63, 3.8) is 0 Å². The van der Waals surface area contributed by atoms with E-state index < -0.39 is 0 Å². The van der Waals surface area contributed by atoms with Crippen LogP contribution in [0.1, 0.15) is 6.92 Å². The quantitative estimate of drug-likeness (QED) is 0.538. The molecule has 0 aromatic heterocycles. The molecule has 0 heterocycles. The lowest BCUT2D eigenvalue weighted by molar-refractivity contribution is -0.115. The highest BCUT2D eigenvalue weighted by molar-refractivity contribution is 5.94. The molecule has 0 radical (unpaired) electrons. The summed E-state index contributed by atoms with van der Waals surface area (Å²) in [4.78, 5) is 23.1. The summed E-state index contributed by atoms with van der Waals surface area (Å²) in [6, 6.07) is 6.69. The van der Waals surface area contributed by atoms with Crippen LogP contribution in [0.3, 0.4) is 0 Å². The molecule has 0 fully saturated rings. The zero-order valence-electron chi connectivity index (χ0n) is 12.4. The monoisotopic (exact) mass is 294 g/mol. The highest BCUT2D eigenvalue weighted by atomic mass is 16.5. The van der Waals surface area contributed by atoms with Gasteiger partial charge in [-0.25, -0.2) is 4.79 Å². The van der Waals surface area contributed by atoms with E-state index in [1.807, 2.05) is 6.92 Å². The summed E-state index contributed by atoms with van der Waals surface area (Å²) in [5, 5.41) is 11.0. The molecule has 0 saturated heterocycles. The van der Waals surface area contributed by atoms with Gasteiger partial charge in [0.1, 0.15) is 0 Å². The van der Waals surface area contributed by atoms with Crippen LogP contribution in [-0.4, -0.2) is 45.3 Å². The Morgan fingerprint density at radius 2 is 1.90 bits per heavy atom. The van der Waals surface area contributed by atoms with Gasteiger partial charge in [0.2, 0.25) is 5.91 Å². The van der Waals surface area contributed by atoms with E-state index in [-0.39, 0.29) is 18.5 Å². The molecule has 0 bridgehead atoms. The number of hydrogen-bond acceptors (Lipinski definition) is 4. The Kier molecular flexibility index (Phi) is 7.85. The largest absolute Gasteiger partial charge is 0.383 e. The number of nitrogens with one attached hydrogen (secondary N) is 4. The van der Waals surface area contributed by atoms with Gasteiger partial charge in [0, 0.05) is 31.6 Å². The molecule has 3 amide bonds. The molecular weight excluding hydrogens is 272 g/mol. The molecular formula is C14H22N4O3. The molecule has 0 aliphatic heterocycles. The molecule has 7 heteroatoms. The van der Waals surface area contributed by atoms with Crippen molar-refractivity contribution in [2.75, 3.05) is 44.0 Å². The van der Waals surface area contributed by atoms with E-state index >= 15 is 0 Å². The van der Waals surface area contributed by atoms with Gasteiger partial charge in [0.25, 0.3) is 0 Å². The first-order valence-corrected chi connectivity index (χ1v) is 6.80. The summed E-state index contributed by atoms with van der Waals surface area (Å²) >= 11 is 0. The summed E-state index contributed by atoms with van der Waals surface area (Å²) in [6.45, 7) is 3.77. The smallest absolute Gasteiger partial charge is 0.319 e. The number of rotatable bonds is 8. The van der Waals surface area contributed by atoms with Crippen LogP contribution in [0.15, 0.2) is 24.3 Å². The van der Waals surface area contributed by atoms with Gasteiger partial charge in [-0.3, -0.25) is 4.79 Å². The number of methoxy groups -OCH3 is 1. The van der Waals surface area contributed by atoms with Gasteiger partial charge in [-0.15, -0.1) is 0 Å². The van der Waals surface area contributed by atoms with Crippen molar-refractivity contribution >= 4 is 23.3 Å². The molecule has 0 aliphatic carbocycles. The predicted octanol–water partition coefficient (Wildman–Crippen LogP) is 1.00. The van der Waals surface area contributed by atoms with Crippen LogP contribution in [0.25, 0.3) is 0 Å². The van der Waals surface area contributed by atoms with Crippen LogP contribution in [0.5, 0.6) is 0 Å². The lowest BCUT2D eigenvalue weighted by atomic mass is 10.2. The van der Waals surface area contributed by atoms with Crippen LogP contribution in [0, 0.1) is 0 Å². The molecule has 116 valence electrons. The van der Waals surface area contributed by atoms with E-state index in [0.717, 1.165) is 0 Å². The second-order valence-electron chi connectivity index (χ2n) is 4.28. The van der Waals surface area contributed by atoms with Gasteiger partial charge in [-0.05, 0) is 25.1 Å². The van der Waals surface area contributed by atoms with Crippen molar-refractivity contribution < 1.29 is 14.3 Å². The Morgan fingerprint density at radius 3 is 2.57 bits per heavy atom. The van der Waals surface area contributed by atoms with Crippen LogP contribution in [-0.2, 0) is 9.53 Å². The highest BCUT2D eigenvalue weighted by Gasteiger charge is 2.04. The minimum atomic E-state index is -0.276. The van der Waals surface area contributed by atoms with Crippen molar-refractivity contribution in [1.82, 2.24) is 10.6 Å². The predicted molar refractivity (Wildman–Crippen MR) is 82.5 cm³/mol. The van der Waals surface area contributed by atoms with Gasteiger partial charge < -0.3 is 26.0 Å². The number of amides is 3. The standard InChI is InChI=1S/C14H22N4O3/c1-3-16-14(20)18-12-6-4-5-11(9-12)17-13(19)10-15-7-8-21-2/h4-6,9,15H,3,7-8,10H2,1-2H3,(H,17,19)(H2,16,18,20). The minimum absolute atomic E-state index is 0.152. The molecule has 0 aliphatic rings. The molecule has 4 N–H and O–H groups in total. The zero-order valence-corrected chi connectivity index (χ0v) is 12.4. The van der Waals surface area contributed by atoms with Crippen molar-refractivity contribution in [3.8, 4) is 0 Å². The molecule has 0 saturated carbocycles. The van der Waals surface area contributed by atoms with Crippen molar-refractivity contribution in [3.05, 3.63) is 24.3 Å². The first kappa shape index (κ1) is 16.9. The van der Waals surface area contributed by atoms with E-state index in [1.54, 1.807) is 31.4 Å². The van der Waals surface area contributed by atoms with Crippen molar-refractivity contribution in [1.29, 1.82) is 0 Å². The highest BCUT2D eigenvalue weighted by Crippen LogP contribution is 2.14. The van der Waals surface area contributed by atoms with E-state index in [0.29, 0.717) is 31.1 Å². The molecule has 1 rings (SSSR count). The lowest BCUT2D eigenvalue weighted by Gasteiger charge is -2.09. The van der Waals surface area contributed by atoms with Gasteiger partial charge in [-0.2, -0.15) is 0 Å².